The minimum Gasteiger partial charge on any atom is -0.486 e. The summed E-state index contributed by atoms with van der Waals surface area (Å²) in [6.07, 6.45) is 2.32. The lowest BCUT2D eigenvalue weighted by Gasteiger charge is -2.11. The molecule has 3 nitrogen and oxygen atoms in total. The highest BCUT2D eigenvalue weighted by atomic mass is 32.1. The maximum atomic E-state index is 9.19. The third-order valence-corrected chi connectivity index (χ3v) is 4.83. The molecule has 1 heterocycles. The number of thiazole rings is 1. The zero-order valence-electron chi connectivity index (χ0n) is 12.6. The third kappa shape index (κ3) is 2.93. The van der Waals surface area contributed by atoms with Gasteiger partial charge in [-0.2, -0.15) is 5.26 Å². The van der Waals surface area contributed by atoms with Crippen LogP contribution in [-0.2, 0) is 6.61 Å². The van der Waals surface area contributed by atoms with Crippen molar-refractivity contribution in [2.45, 2.75) is 46.1 Å². The number of aryl methyl sites for hydroxylation is 2. The van der Waals surface area contributed by atoms with E-state index in [0.717, 1.165) is 34.2 Å². The van der Waals surface area contributed by atoms with Gasteiger partial charge in [-0.05, 0) is 56.4 Å². The normalized spacial score (nSPS) is 14.0. The van der Waals surface area contributed by atoms with E-state index in [0.29, 0.717) is 12.5 Å². The predicted octanol–water partition coefficient (Wildman–Crippen LogP) is 4.40. The molecule has 3 rings (SSSR count). The molecule has 4 heteroatoms. The fraction of sp³-hybridized carbons (Fsp3) is 0.412. The molecule has 1 fully saturated rings. The first-order valence-corrected chi connectivity index (χ1v) is 8.00. The molecule has 0 radical (unpaired) electrons. The number of hydrogen-bond donors (Lipinski definition) is 0. The molecule has 0 amide bonds. The van der Waals surface area contributed by atoms with Crippen LogP contribution in [0.4, 0.5) is 0 Å². The summed E-state index contributed by atoms with van der Waals surface area (Å²) in [5.41, 5.74) is 4.59. The molecule has 21 heavy (non-hydrogen) atoms. The summed E-state index contributed by atoms with van der Waals surface area (Å²) in [6.45, 7) is 6.68. The Kier molecular flexibility index (Phi) is 3.69. The van der Waals surface area contributed by atoms with E-state index in [-0.39, 0.29) is 0 Å². The molecule has 0 atom stereocenters. The van der Waals surface area contributed by atoms with Crippen LogP contribution in [0.5, 0.6) is 5.75 Å². The summed E-state index contributed by atoms with van der Waals surface area (Å²) >= 11 is 1.46. The number of rotatable bonds is 4. The van der Waals surface area contributed by atoms with Crippen LogP contribution in [0.1, 0.15) is 51.0 Å². The highest BCUT2D eigenvalue weighted by Crippen LogP contribution is 2.42. The van der Waals surface area contributed by atoms with E-state index in [1.807, 2.05) is 0 Å². The number of ether oxygens (including phenoxy) is 1. The average molecular weight is 298 g/mol. The minimum absolute atomic E-state index is 0.440. The first kappa shape index (κ1) is 14.1. The molecule has 1 aromatic heterocycles. The molecule has 108 valence electrons. The van der Waals surface area contributed by atoms with Gasteiger partial charge in [0.1, 0.15) is 28.3 Å². The monoisotopic (exact) mass is 298 g/mol. The number of nitrogens with zero attached hydrogens (tertiary/aromatic N) is 2. The molecular formula is C17H18N2OS. The second-order valence-electron chi connectivity index (χ2n) is 5.70. The smallest absolute Gasteiger partial charge is 0.140 e. The lowest BCUT2D eigenvalue weighted by molar-refractivity contribution is 0.303. The maximum absolute atomic E-state index is 9.19. The fourth-order valence-corrected chi connectivity index (χ4v) is 3.30. The van der Waals surface area contributed by atoms with Crippen molar-refractivity contribution in [1.82, 2.24) is 4.98 Å². The molecule has 1 aromatic carbocycles. The molecule has 1 saturated carbocycles. The van der Waals surface area contributed by atoms with Crippen LogP contribution in [0.25, 0.3) is 0 Å². The lowest BCUT2D eigenvalue weighted by atomic mass is 10.1. The Hall–Kier alpha value is -1.86. The first-order valence-electron chi connectivity index (χ1n) is 7.19. The van der Waals surface area contributed by atoms with Gasteiger partial charge >= 0.3 is 0 Å². The lowest BCUT2D eigenvalue weighted by Crippen LogP contribution is -1.98. The van der Waals surface area contributed by atoms with Crippen LogP contribution in [0, 0.1) is 32.1 Å². The van der Waals surface area contributed by atoms with Crippen molar-refractivity contribution in [3.63, 3.8) is 0 Å². The van der Waals surface area contributed by atoms with E-state index in [9.17, 15) is 5.26 Å². The van der Waals surface area contributed by atoms with E-state index in [1.54, 1.807) is 0 Å². The Labute approximate surface area is 129 Å². The van der Waals surface area contributed by atoms with Crippen LogP contribution in [-0.4, -0.2) is 4.98 Å². The van der Waals surface area contributed by atoms with Gasteiger partial charge < -0.3 is 4.74 Å². The summed E-state index contributed by atoms with van der Waals surface area (Å²) in [5, 5.41) is 10.1. The van der Waals surface area contributed by atoms with Gasteiger partial charge in [0.05, 0.1) is 5.69 Å². The van der Waals surface area contributed by atoms with Crippen LogP contribution < -0.4 is 4.74 Å². The topological polar surface area (TPSA) is 45.9 Å². The zero-order chi connectivity index (χ0) is 15.0. The Balaban J connectivity index is 1.78. The maximum Gasteiger partial charge on any atom is 0.140 e. The summed E-state index contributed by atoms with van der Waals surface area (Å²) in [7, 11) is 0. The summed E-state index contributed by atoms with van der Waals surface area (Å²) < 4.78 is 5.94. The number of aromatic nitrogens is 1. The first-order chi connectivity index (χ1) is 10.1. The summed E-state index contributed by atoms with van der Waals surface area (Å²) in [4.78, 5) is 5.36. The molecule has 0 N–H and O–H groups in total. The molecule has 0 saturated heterocycles. The largest absolute Gasteiger partial charge is 0.486 e. The van der Waals surface area contributed by atoms with Crippen molar-refractivity contribution in [1.29, 1.82) is 5.26 Å². The van der Waals surface area contributed by atoms with Gasteiger partial charge in [-0.15, -0.1) is 11.3 Å². The molecule has 0 unspecified atom stereocenters. The van der Waals surface area contributed by atoms with Gasteiger partial charge in [-0.25, -0.2) is 4.98 Å². The highest BCUT2D eigenvalue weighted by Gasteiger charge is 2.29. The van der Waals surface area contributed by atoms with Crippen LogP contribution in [0.15, 0.2) is 12.1 Å². The van der Waals surface area contributed by atoms with E-state index < -0.39 is 0 Å². The van der Waals surface area contributed by atoms with Crippen LogP contribution in [0.3, 0.4) is 0 Å². The second kappa shape index (κ2) is 5.50. The molecule has 0 spiro atoms. The zero-order valence-corrected chi connectivity index (χ0v) is 13.4. The van der Waals surface area contributed by atoms with Crippen molar-refractivity contribution in [3.05, 3.63) is 44.4 Å². The van der Waals surface area contributed by atoms with Crippen molar-refractivity contribution in [3.8, 4) is 11.8 Å². The molecule has 0 bridgehead atoms. The summed E-state index contributed by atoms with van der Waals surface area (Å²) in [5.74, 6) is 1.42. The standard InChI is InChI=1S/C17H18N2OS/c1-10-6-11(2)12(3)14(7-10)20-9-16-19-17(13-4-5-13)15(8-18)21-16/h6-7,13H,4-5,9H2,1-3H3. The van der Waals surface area contributed by atoms with Gasteiger partial charge in [0, 0.05) is 5.92 Å². The number of nitriles is 1. The van der Waals surface area contributed by atoms with Crippen molar-refractivity contribution in [2.75, 3.05) is 0 Å². The van der Waals surface area contributed by atoms with E-state index >= 15 is 0 Å². The molecule has 2 aromatic rings. The van der Waals surface area contributed by atoms with Crippen molar-refractivity contribution >= 4 is 11.3 Å². The van der Waals surface area contributed by atoms with E-state index in [2.05, 4.69) is 44.0 Å². The van der Waals surface area contributed by atoms with Gasteiger partial charge in [0.2, 0.25) is 0 Å². The number of benzene rings is 1. The second-order valence-corrected chi connectivity index (χ2v) is 6.79. The minimum atomic E-state index is 0.440. The molecule has 1 aliphatic rings. The van der Waals surface area contributed by atoms with E-state index in [4.69, 9.17) is 4.74 Å². The Morgan fingerprint density at radius 3 is 2.76 bits per heavy atom. The number of hydrogen-bond acceptors (Lipinski definition) is 4. The quantitative estimate of drug-likeness (QED) is 0.840. The van der Waals surface area contributed by atoms with Crippen LogP contribution in [0.2, 0.25) is 0 Å². The Bertz CT molecular complexity index is 723. The third-order valence-electron chi connectivity index (χ3n) is 3.88. The molecular weight excluding hydrogens is 280 g/mol. The Morgan fingerprint density at radius 2 is 2.10 bits per heavy atom. The molecule has 0 aliphatic heterocycles. The van der Waals surface area contributed by atoms with Crippen molar-refractivity contribution in [2.24, 2.45) is 0 Å². The van der Waals surface area contributed by atoms with Gasteiger partial charge in [-0.1, -0.05) is 6.07 Å². The average Bonchev–Trinajstić information content (AvgIpc) is 3.21. The summed E-state index contributed by atoms with van der Waals surface area (Å²) in [6, 6.07) is 6.48. The van der Waals surface area contributed by atoms with E-state index in [1.165, 1.54) is 28.0 Å². The van der Waals surface area contributed by atoms with Crippen molar-refractivity contribution < 1.29 is 4.74 Å². The Morgan fingerprint density at radius 1 is 1.33 bits per heavy atom. The molecule has 1 aliphatic carbocycles. The highest BCUT2D eigenvalue weighted by molar-refractivity contribution is 7.12. The van der Waals surface area contributed by atoms with Gasteiger partial charge in [0.15, 0.2) is 0 Å². The van der Waals surface area contributed by atoms with Gasteiger partial charge in [0.25, 0.3) is 0 Å². The van der Waals surface area contributed by atoms with Crippen LogP contribution >= 0.6 is 11.3 Å². The predicted molar refractivity (Wildman–Crippen MR) is 83.8 cm³/mol. The fourth-order valence-electron chi connectivity index (χ4n) is 2.44. The SMILES string of the molecule is Cc1cc(C)c(C)c(OCc2nc(C3CC3)c(C#N)s2)c1. The van der Waals surface area contributed by atoms with Gasteiger partial charge in [-0.3, -0.25) is 0 Å².